The van der Waals surface area contributed by atoms with Crippen LogP contribution in [0.3, 0.4) is 0 Å². The lowest BCUT2D eigenvalue weighted by Crippen LogP contribution is -2.42. The van der Waals surface area contributed by atoms with Crippen LogP contribution in [-0.2, 0) is 4.43 Å². The summed E-state index contributed by atoms with van der Waals surface area (Å²) in [6.07, 6.45) is 1.73. The fourth-order valence-electron chi connectivity index (χ4n) is 1.13. The third kappa shape index (κ3) is 3.96. The second kappa shape index (κ2) is 5.00. The van der Waals surface area contributed by atoms with Crippen LogP contribution in [0.4, 0.5) is 5.82 Å². The van der Waals surface area contributed by atoms with E-state index in [1.807, 2.05) is 25.1 Å². The number of hydrogen-bond donors (Lipinski definition) is 0. The van der Waals surface area contributed by atoms with Gasteiger partial charge in [-0.25, -0.2) is 4.98 Å². The highest BCUT2D eigenvalue weighted by molar-refractivity contribution is 6.75. The maximum absolute atomic E-state index is 6.06. The highest BCUT2D eigenvalue weighted by Gasteiger charge is 2.39. The molecule has 0 amide bonds. The molecule has 94 valence electrons. The van der Waals surface area contributed by atoms with Crippen molar-refractivity contribution in [2.24, 2.45) is 4.99 Å². The van der Waals surface area contributed by atoms with Crippen molar-refractivity contribution in [2.75, 3.05) is 0 Å². The molecule has 4 heteroatoms. The molecule has 1 heterocycles. The Labute approximate surface area is 105 Å². The van der Waals surface area contributed by atoms with Crippen LogP contribution in [0.15, 0.2) is 29.4 Å². The molecule has 0 bridgehead atoms. The van der Waals surface area contributed by atoms with E-state index in [4.69, 9.17) is 4.43 Å². The van der Waals surface area contributed by atoms with Gasteiger partial charge in [0.25, 0.3) is 8.32 Å². The van der Waals surface area contributed by atoms with E-state index < -0.39 is 8.32 Å². The molecule has 0 aliphatic carbocycles. The van der Waals surface area contributed by atoms with Crippen molar-refractivity contribution in [3.8, 4) is 0 Å². The number of rotatable bonds is 2. The van der Waals surface area contributed by atoms with Gasteiger partial charge in [0, 0.05) is 13.1 Å². The molecule has 0 unspecified atom stereocenters. The molecule has 0 fully saturated rings. The fraction of sp³-hybridized carbons (Fsp3) is 0.538. The molecule has 3 nitrogen and oxygen atoms in total. The zero-order chi connectivity index (χ0) is 13.1. The molecule has 0 saturated heterocycles. The predicted octanol–water partition coefficient (Wildman–Crippen LogP) is 4.15. The molecule has 0 radical (unpaired) electrons. The number of aliphatic imine (C=N–C) groups is 1. The van der Waals surface area contributed by atoms with Crippen molar-refractivity contribution in [2.45, 2.75) is 45.8 Å². The first-order valence-corrected chi connectivity index (χ1v) is 8.78. The lowest BCUT2D eigenvalue weighted by atomic mass is 10.2. The van der Waals surface area contributed by atoms with Gasteiger partial charge in [0.05, 0.1) is 0 Å². The van der Waals surface area contributed by atoms with Crippen LogP contribution in [0.2, 0.25) is 18.1 Å². The Kier molecular flexibility index (Phi) is 4.09. The summed E-state index contributed by atoms with van der Waals surface area (Å²) in [4.78, 5) is 8.53. The molecule has 1 aromatic rings. The number of pyridine rings is 1. The summed E-state index contributed by atoms with van der Waals surface area (Å²) < 4.78 is 6.06. The van der Waals surface area contributed by atoms with Gasteiger partial charge in [-0.3, -0.25) is 0 Å². The summed E-state index contributed by atoms with van der Waals surface area (Å²) in [6, 6.07) is 5.67. The molecule has 17 heavy (non-hydrogen) atoms. The van der Waals surface area contributed by atoms with E-state index in [2.05, 4.69) is 43.8 Å². The zero-order valence-corrected chi connectivity index (χ0v) is 12.6. The Morgan fingerprint density at radius 2 is 1.94 bits per heavy atom. The van der Waals surface area contributed by atoms with Gasteiger partial charge < -0.3 is 4.43 Å². The molecule has 0 aromatic carbocycles. The Morgan fingerprint density at radius 1 is 1.29 bits per heavy atom. The molecule has 0 N–H and O–H groups in total. The van der Waals surface area contributed by atoms with Crippen molar-refractivity contribution in [1.29, 1.82) is 0 Å². The van der Waals surface area contributed by atoms with E-state index in [9.17, 15) is 0 Å². The molecule has 1 rings (SSSR count). The Morgan fingerprint density at radius 3 is 2.41 bits per heavy atom. The zero-order valence-electron chi connectivity index (χ0n) is 11.6. The second-order valence-electron chi connectivity index (χ2n) is 5.68. The minimum absolute atomic E-state index is 0.188. The number of nitrogens with zero attached hydrogens (tertiary/aromatic N) is 2. The van der Waals surface area contributed by atoms with Crippen LogP contribution >= 0.6 is 0 Å². The van der Waals surface area contributed by atoms with Crippen LogP contribution in [0.1, 0.15) is 27.7 Å². The minimum Gasteiger partial charge on any atom is -0.534 e. The van der Waals surface area contributed by atoms with Crippen LogP contribution in [0, 0.1) is 0 Å². The molecule has 1 aromatic heterocycles. The summed E-state index contributed by atoms with van der Waals surface area (Å²) >= 11 is 0. The standard InChI is InChI=1S/C13H22N2OSi/c1-11(15-12-9-7-8-10-14-12)16-17(5,6)13(2,3)4/h7-10H,1-6H3/b15-11-. The number of hydrogen-bond acceptors (Lipinski definition) is 3. The van der Waals surface area contributed by atoms with Crippen LogP contribution in [-0.4, -0.2) is 19.2 Å². The Bertz CT molecular complexity index is 394. The van der Waals surface area contributed by atoms with E-state index in [-0.39, 0.29) is 5.04 Å². The summed E-state index contributed by atoms with van der Waals surface area (Å²) in [5.41, 5.74) is 0. The molecule has 0 aliphatic heterocycles. The van der Waals surface area contributed by atoms with Crippen molar-refractivity contribution in [3.05, 3.63) is 24.4 Å². The lowest BCUT2D eigenvalue weighted by molar-refractivity contribution is 0.483. The maximum Gasteiger partial charge on any atom is 0.252 e. The van der Waals surface area contributed by atoms with Gasteiger partial charge in [-0.2, -0.15) is 4.99 Å². The molecular weight excluding hydrogens is 228 g/mol. The lowest BCUT2D eigenvalue weighted by Gasteiger charge is -2.36. The van der Waals surface area contributed by atoms with E-state index in [0.29, 0.717) is 11.7 Å². The molecule has 0 spiro atoms. The van der Waals surface area contributed by atoms with E-state index in [0.717, 1.165) is 0 Å². The monoisotopic (exact) mass is 250 g/mol. The van der Waals surface area contributed by atoms with Gasteiger partial charge >= 0.3 is 0 Å². The Balaban J connectivity index is 2.80. The first-order chi connectivity index (χ1) is 7.72. The van der Waals surface area contributed by atoms with Crippen LogP contribution < -0.4 is 0 Å². The minimum atomic E-state index is -1.78. The Hall–Kier alpha value is -1.16. The smallest absolute Gasteiger partial charge is 0.252 e. The van der Waals surface area contributed by atoms with Crippen LogP contribution in [0.5, 0.6) is 0 Å². The highest BCUT2D eigenvalue weighted by Crippen LogP contribution is 2.36. The fourth-order valence-corrected chi connectivity index (χ4v) is 2.22. The molecular formula is C13H22N2OSi. The van der Waals surface area contributed by atoms with Gasteiger partial charge in [0.15, 0.2) is 11.7 Å². The molecule has 0 saturated carbocycles. The third-order valence-electron chi connectivity index (χ3n) is 3.13. The summed E-state index contributed by atoms with van der Waals surface area (Å²) in [5, 5.41) is 0.188. The first-order valence-electron chi connectivity index (χ1n) is 5.88. The molecule has 0 aliphatic rings. The predicted molar refractivity (Wildman–Crippen MR) is 75.3 cm³/mol. The van der Waals surface area contributed by atoms with Gasteiger partial charge in [0.1, 0.15) is 0 Å². The summed E-state index contributed by atoms with van der Waals surface area (Å²) in [6.45, 7) is 13.0. The van der Waals surface area contributed by atoms with Crippen molar-refractivity contribution in [1.82, 2.24) is 4.98 Å². The topological polar surface area (TPSA) is 34.5 Å². The average Bonchev–Trinajstić information content (AvgIpc) is 2.16. The summed E-state index contributed by atoms with van der Waals surface area (Å²) in [5.74, 6) is 1.40. The normalized spacial score (nSPS) is 13.6. The van der Waals surface area contributed by atoms with Gasteiger partial charge in [-0.1, -0.05) is 26.8 Å². The quantitative estimate of drug-likeness (QED) is 0.449. The van der Waals surface area contributed by atoms with Gasteiger partial charge in [-0.05, 0) is 30.3 Å². The maximum atomic E-state index is 6.06. The van der Waals surface area contributed by atoms with Crippen molar-refractivity contribution >= 4 is 20.0 Å². The third-order valence-corrected chi connectivity index (χ3v) is 7.55. The van der Waals surface area contributed by atoms with E-state index in [1.165, 1.54) is 0 Å². The average molecular weight is 250 g/mol. The highest BCUT2D eigenvalue weighted by atomic mass is 28.4. The number of aromatic nitrogens is 1. The summed E-state index contributed by atoms with van der Waals surface area (Å²) in [7, 11) is -1.78. The molecule has 0 atom stereocenters. The second-order valence-corrected chi connectivity index (χ2v) is 10.4. The largest absolute Gasteiger partial charge is 0.534 e. The van der Waals surface area contributed by atoms with Crippen molar-refractivity contribution in [3.63, 3.8) is 0 Å². The van der Waals surface area contributed by atoms with E-state index in [1.54, 1.807) is 6.20 Å². The van der Waals surface area contributed by atoms with Gasteiger partial charge in [-0.15, -0.1) is 0 Å². The van der Waals surface area contributed by atoms with Crippen molar-refractivity contribution < 1.29 is 4.43 Å². The SMILES string of the molecule is C/C(=N/c1ccccn1)O[Si](C)(C)C(C)(C)C. The van der Waals surface area contributed by atoms with Crippen LogP contribution in [0.25, 0.3) is 0 Å². The first kappa shape index (κ1) is 13.9. The van der Waals surface area contributed by atoms with E-state index >= 15 is 0 Å². The van der Waals surface area contributed by atoms with Gasteiger partial charge in [0.2, 0.25) is 0 Å².